The molecule has 0 aliphatic carbocycles. The monoisotopic (exact) mass is 292 g/mol. The summed E-state index contributed by atoms with van der Waals surface area (Å²) in [7, 11) is 0. The average Bonchev–Trinajstić information content (AvgIpc) is 2.08. The van der Waals surface area contributed by atoms with Crippen molar-refractivity contribution < 1.29 is 4.76 Å². The summed E-state index contributed by atoms with van der Waals surface area (Å²) in [5.41, 5.74) is 0.659. The van der Waals surface area contributed by atoms with Crippen LogP contribution >= 0.6 is 31.9 Å². The minimum atomic E-state index is 0.453. The lowest BCUT2D eigenvalue weighted by Crippen LogP contribution is -1.99. The van der Waals surface area contributed by atoms with E-state index in [-0.39, 0.29) is 0 Å². The van der Waals surface area contributed by atoms with Crippen molar-refractivity contribution in [2.75, 3.05) is 6.54 Å². The third-order valence-corrected chi connectivity index (χ3v) is 2.63. The number of rotatable bonds is 2. The van der Waals surface area contributed by atoms with Crippen LogP contribution in [0.15, 0.2) is 27.1 Å². The van der Waals surface area contributed by atoms with Crippen molar-refractivity contribution in [2.24, 2.45) is 0 Å². The van der Waals surface area contributed by atoms with Crippen LogP contribution in [0.2, 0.25) is 0 Å². The zero-order chi connectivity index (χ0) is 9.14. The van der Waals surface area contributed by atoms with Crippen LogP contribution in [0, 0.1) is 4.91 Å². The summed E-state index contributed by atoms with van der Waals surface area (Å²) in [6.45, 7) is 2.27. The molecule has 0 atom stereocenters. The summed E-state index contributed by atoms with van der Waals surface area (Å²) in [5.74, 6) is 0. The van der Waals surface area contributed by atoms with Crippen molar-refractivity contribution in [3.63, 3.8) is 0 Å². The molecule has 0 aromatic heterocycles. The molecule has 0 aliphatic heterocycles. The molecule has 0 bridgehead atoms. The molecule has 0 saturated carbocycles. The highest BCUT2D eigenvalue weighted by Gasteiger charge is 2.15. The summed E-state index contributed by atoms with van der Waals surface area (Å²) in [4.78, 5) is 11.3. The molecule has 12 heavy (non-hydrogen) atoms. The molecule has 1 aromatic rings. The highest BCUT2D eigenvalue weighted by atomic mass is 79.9. The second kappa shape index (κ2) is 4.14. The van der Waals surface area contributed by atoms with Gasteiger partial charge in [0.1, 0.15) is 0 Å². The Kier molecular flexibility index (Phi) is 3.40. The summed E-state index contributed by atoms with van der Waals surface area (Å²) in [5, 5.41) is 0. The first-order valence-corrected chi connectivity index (χ1v) is 5.13. The van der Waals surface area contributed by atoms with E-state index in [0.717, 1.165) is 13.7 Å². The van der Waals surface area contributed by atoms with Crippen molar-refractivity contribution in [3.8, 4) is 0 Å². The summed E-state index contributed by atoms with van der Waals surface area (Å²) >= 11 is 6.62. The number of benzene rings is 1. The SMILES string of the molecule is CC[N+](=O)c1cc(Br)ccc1Br. The lowest BCUT2D eigenvalue weighted by molar-refractivity contribution is -0.459. The van der Waals surface area contributed by atoms with E-state index in [1.807, 2.05) is 19.1 Å². The number of halogens is 2. The van der Waals surface area contributed by atoms with E-state index >= 15 is 0 Å². The number of nitroso groups, excluding NO2 is 1. The van der Waals surface area contributed by atoms with E-state index in [4.69, 9.17) is 0 Å². The quantitative estimate of drug-likeness (QED) is 0.762. The minimum absolute atomic E-state index is 0.453. The Morgan fingerprint density at radius 1 is 1.42 bits per heavy atom. The lowest BCUT2D eigenvalue weighted by Gasteiger charge is -1.94. The fraction of sp³-hybridized carbons (Fsp3) is 0.250. The minimum Gasteiger partial charge on any atom is -0.0506 e. The van der Waals surface area contributed by atoms with E-state index in [9.17, 15) is 4.91 Å². The molecular formula is C8H8Br2NO+. The van der Waals surface area contributed by atoms with Gasteiger partial charge < -0.3 is 0 Å². The predicted octanol–water partition coefficient (Wildman–Crippen LogP) is 3.64. The smallest absolute Gasteiger partial charge is 0.0506 e. The van der Waals surface area contributed by atoms with Crippen LogP contribution < -0.4 is 0 Å². The molecule has 1 rings (SSSR count). The largest absolute Gasteiger partial charge is 0.271 e. The van der Waals surface area contributed by atoms with Gasteiger partial charge in [-0.05, 0) is 35.0 Å². The third-order valence-electron chi connectivity index (χ3n) is 1.46. The molecule has 2 nitrogen and oxygen atoms in total. The molecule has 0 heterocycles. The first kappa shape index (κ1) is 9.86. The maximum atomic E-state index is 11.3. The molecule has 4 heteroatoms. The van der Waals surface area contributed by atoms with Gasteiger partial charge in [-0.2, -0.15) is 0 Å². The number of hydrogen-bond donors (Lipinski definition) is 0. The van der Waals surface area contributed by atoms with E-state index in [0.29, 0.717) is 12.2 Å². The van der Waals surface area contributed by atoms with E-state index in [2.05, 4.69) is 31.9 Å². The van der Waals surface area contributed by atoms with Gasteiger partial charge in [-0.25, -0.2) is 0 Å². The van der Waals surface area contributed by atoms with Gasteiger partial charge in [0.15, 0.2) is 6.54 Å². The van der Waals surface area contributed by atoms with Crippen molar-refractivity contribution in [1.82, 2.24) is 0 Å². The van der Waals surface area contributed by atoms with Crippen LogP contribution in [0.5, 0.6) is 0 Å². The lowest BCUT2D eigenvalue weighted by atomic mass is 10.3. The van der Waals surface area contributed by atoms with Crippen LogP contribution in [0.1, 0.15) is 6.92 Å². The van der Waals surface area contributed by atoms with Gasteiger partial charge in [0.25, 0.3) is 5.69 Å². The van der Waals surface area contributed by atoms with E-state index in [1.165, 1.54) is 0 Å². The Morgan fingerprint density at radius 3 is 2.67 bits per heavy atom. The third kappa shape index (κ3) is 2.14. The maximum absolute atomic E-state index is 11.3. The molecule has 0 radical (unpaired) electrons. The van der Waals surface area contributed by atoms with Crippen molar-refractivity contribution in [1.29, 1.82) is 0 Å². The topological polar surface area (TPSA) is 20.1 Å². The Hall–Kier alpha value is -0.220. The summed E-state index contributed by atoms with van der Waals surface area (Å²) < 4.78 is 2.67. The Morgan fingerprint density at radius 2 is 2.08 bits per heavy atom. The maximum Gasteiger partial charge on any atom is 0.271 e. The van der Waals surface area contributed by atoms with Crippen molar-refractivity contribution in [3.05, 3.63) is 32.1 Å². The van der Waals surface area contributed by atoms with Crippen LogP contribution in [0.25, 0.3) is 0 Å². The van der Waals surface area contributed by atoms with Gasteiger partial charge in [0.2, 0.25) is 0 Å². The summed E-state index contributed by atoms with van der Waals surface area (Å²) in [6.07, 6.45) is 0. The molecule has 0 unspecified atom stereocenters. The van der Waals surface area contributed by atoms with Gasteiger partial charge in [0, 0.05) is 20.2 Å². The number of hydrogen-bond acceptors (Lipinski definition) is 1. The molecule has 64 valence electrons. The van der Waals surface area contributed by atoms with Gasteiger partial charge in [-0.1, -0.05) is 15.9 Å². The van der Waals surface area contributed by atoms with Crippen molar-refractivity contribution in [2.45, 2.75) is 6.92 Å². The Bertz CT molecular complexity index is 312. The van der Waals surface area contributed by atoms with Gasteiger partial charge in [-0.3, -0.25) is 0 Å². The first-order chi connectivity index (χ1) is 5.65. The fourth-order valence-electron chi connectivity index (χ4n) is 0.847. The highest BCUT2D eigenvalue weighted by molar-refractivity contribution is 9.11. The first-order valence-electron chi connectivity index (χ1n) is 3.55. The van der Waals surface area contributed by atoms with Gasteiger partial charge in [0.05, 0.1) is 4.47 Å². The van der Waals surface area contributed by atoms with Gasteiger partial charge >= 0.3 is 0 Å². The molecule has 0 N–H and O–H groups in total. The standard InChI is InChI=1S/C8H8Br2NO/c1-2-11(12)8-5-6(9)3-4-7(8)10/h3-5H,2H2,1H3/q+1. The Balaban J connectivity index is 3.13. The molecule has 0 fully saturated rings. The van der Waals surface area contributed by atoms with E-state index < -0.39 is 0 Å². The van der Waals surface area contributed by atoms with E-state index in [1.54, 1.807) is 6.07 Å². The highest BCUT2D eigenvalue weighted by Crippen LogP contribution is 2.27. The average molecular weight is 294 g/mol. The second-order valence-corrected chi connectivity index (χ2v) is 4.06. The molecule has 1 aromatic carbocycles. The molecular weight excluding hydrogens is 286 g/mol. The molecule has 0 amide bonds. The Labute approximate surface area is 87.8 Å². The van der Waals surface area contributed by atoms with Crippen LogP contribution in [0.4, 0.5) is 5.69 Å². The zero-order valence-corrected chi connectivity index (χ0v) is 9.72. The predicted molar refractivity (Wildman–Crippen MR) is 55.7 cm³/mol. The van der Waals surface area contributed by atoms with Crippen LogP contribution in [0.3, 0.4) is 0 Å². The molecule has 0 saturated heterocycles. The zero-order valence-electron chi connectivity index (χ0n) is 6.55. The molecule has 0 spiro atoms. The summed E-state index contributed by atoms with van der Waals surface area (Å²) in [6, 6.07) is 5.53. The van der Waals surface area contributed by atoms with Crippen LogP contribution in [-0.4, -0.2) is 11.3 Å². The fourth-order valence-corrected chi connectivity index (χ4v) is 1.64. The molecule has 0 aliphatic rings. The normalized spacial score (nSPS) is 9.92. The second-order valence-electron chi connectivity index (χ2n) is 2.29. The van der Waals surface area contributed by atoms with Crippen molar-refractivity contribution >= 4 is 37.5 Å². The van der Waals surface area contributed by atoms with Gasteiger partial charge in [-0.15, -0.1) is 0 Å². The van der Waals surface area contributed by atoms with Crippen LogP contribution in [-0.2, 0) is 0 Å². The number of nitrogens with zero attached hydrogens (tertiary/aromatic N) is 1.